The van der Waals surface area contributed by atoms with Crippen LogP contribution >= 0.6 is 0 Å². The Hall–Kier alpha value is -0.795. The molecule has 1 fully saturated rings. The first-order valence-electron chi connectivity index (χ1n) is 5.14. The van der Waals surface area contributed by atoms with Crippen molar-refractivity contribution in [3.05, 3.63) is 29.3 Å². The van der Waals surface area contributed by atoms with Crippen LogP contribution in [0.15, 0.2) is 18.2 Å². The molecular formula is C11H15BO2. The monoisotopic (exact) mass is 190 g/mol. The van der Waals surface area contributed by atoms with Crippen LogP contribution in [0, 0.1) is 6.92 Å². The zero-order valence-electron chi connectivity index (χ0n) is 8.40. The quantitative estimate of drug-likeness (QED) is 0.681. The van der Waals surface area contributed by atoms with Crippen LogP contribution in [0.1, 0.15) is 36.3 Å². The lowest BCUT2D eigenvalue weighted by atomic mass is 9.74. The van der Waals surface area contributed by atoms with E-state index in [0.717, 1.165) is 5.56 Å². The summed E-state index contributed by atoms with van der Waals surface area (Å²) >= 11 is 0. The van der Waals surface area contributed by atoms with E-state index in [9.17, 15) is 0 Å². The van der Waals surface area contributed by atoms with Crippen molar-refractivity contribution in [3.63, 3.8) is 0 Å². The van der Waals surface area contributed by atoms with Crippen LogP contribution in [0.2, 0.25) is 0 Å². The number of hydrogen-bond acceptors (Lipinski definition) is 2. The van der Waals surface area contributed by atoms with E-state index in [1.165, 1.54) is 24.8 Å². The van der Waals surface area contributed by atoms with E-state index in [-0.39, 0.29) is 0 Å². The van der Waals surface area contributed by atoms with Crippen LogP contribution in [0.25, 0.3) is 0 Å². The van der Waals surface area contributed by atoms with E-state index in [0.29, 0.717) is 11.4 Å². The van der Waals surface area contributed by atoms with Crippen molar-refractivity contribution in [2.45, 2.75) is 32.1 Å². The molecule has 0 saturated heterocycles. The average molecular weight is 190 g/mol. The molecule has 1 saturated carbocycles. The molecule has 2 N–H and O–H groups in total. The van der Waals surface area contributed by atoms with E-state index in [1.54, 1.807) is 0 Å². The van der Waals surface area contributed by atoms with Crippen LogP contribution < -0.4 is 5.46 Å². The molecule has 1 aliphatic rings. The Bertz CT molecular complexity index is 332. The van der Waals surface area contributed by atoms with E-state index < -0.39 is 7.12 Å². The summed E-state index contributed by atoms with van der Waals surface area (Å²) in [6.07, 6.45) is 3.78. The third kappa shape index (κ3) is 1.84. The van der Waals surface area contributed by atoms with Gasteiger partial charge in [0, 0.05) is 0 Å². The molecule has 1 aliphatic carbocycles. The number of rotatable bonds is 2. The largest absolute Gasteiger partial charge is 0.488 e. The molecule has 14 heavy (non-hydrogen) atoms. The van der Waals surface area contributed by atoms with Gasteiger partial charge in [0.2, 0.25) is 0 Å². The fourth-order valence-corrected chi connectivity index (χ4v) is 1.97. The van der Waals surface area contributed by atoms with Gasteiger partial charge in [-0.05, 0) is 36.7 Å². The number of benzene rings is 1. The second kappa shape index (κ2) is 3.75. The first-order valence-corrected chi connectivity index (χ1v) is 5.14. The van der Waals surface area contributed by atoms with Gasteiger partial charge in [-0.25, -0.2) is 0 Å². The lowest BCUT2D eigenvalue weighted by Crippen LogP contribution is -2.30. The summed E-state index contributed by atoms with van der Waals surface area (Å²) < 4.78 is 0. The van der Waals surface area contributed by atoms with Crippen molar-refractivity contribution < 1.29 is 10.0 Å². The highest BCUT2D eigenvalue weighted by Crippen LogP contribution is 2.36. The smallest absolute Gasteiger partial charge is 0.423 e. The van der Waals surface area contributed by atoms with Crippen molar-refractivity contribution in [3.8, 4) is 0 Å². The van der Waals surface area contributed by atoms with Gasteiger partial charge in [0.1, 0.15) is 0 Å². The molecule has 0 bridgehead atoms. The van der Waals surface area contributed by atoms with E-state index in [1.807, 2.05) is 19.1 Å². The summed E-state index contributed by atoms with van der Waals surface area (Å²) in [6.45, 7) is 1.99. The van der Waals surface area contributed by atoms with Crippen molar-refractivity contribution >= 4 is 12.6 Å². The lowest BCUT2D eigenvalue weighted by molar-refractivity contribution is 0.417. The summed E-state index contributed by atoms with van der Waals surface area (Å²) in [5.74, 6) is 0.646. The van der Waals surface area contributed by atoms with Crippen molar-refractivity contribution in [2.24, 2.45) is 0 Å². The van der Waals surface area contributed by atoms with Gasteiger partial charge in [0.05, 0.1) is 0 Å². The fraction of sp³-hybridized carbons (Fsp3) is 0.455. The summed E-state index contributed by atoms with van der Waals surface area (Å²) in [7, 11) is -1.34. The van der Waals surface area contributed by atoms with Gasteiger partial charge in [-0.2, -0.15) is 0 Å². The van der Waals surface area contributed by atoms with Crippen LogP contribution in [-0.4, -0.2) is 17.2 Å². The van der Waals surface area contributed by atoms with E-state index >= 15 is 0 Å². The molecule has 3 heteroatoms. The highest BCUT2D eigenvalue weighted by molar-refractivity contribution is 6.58. The van der Waals surface area contributed by atoms with Gasteiger partial charge in [-0.3, -0.25) is 0 Å². The third-order valence-corrected chi connectivity index (χ3v) is 3.00. The van der Waals surface area contributed by atoms with Crippen LogP contribution in [0.5, 0.6) is 0 Å². The minimum Gasteiger partial charge on any atom is -0.423 e. The van der Waals surface area contributed by atoms with Gasteiger partial charge in [-0.1, -0.05) is 30.2 Å². The lowest BCUT2D eigenvalue weighted by Gasteiger charge is -2.26. The van der Waals surface area contributed by atoms with Gasteiger partial charge >= 0.3 is 7.12 Å². The Balaban J connectivity index is 2.30. The van der Waals surface area contributed by atoms with Gasteiger partial charge < -0.3 is 10.0 Å². The maximum Gasteiger partial charge on any atom is 0.488 e. The zero-order valence-corrected chi connectivity index (χ0v) is 8.40. The van der Waals surface area contributed by atoms with Crippen molar-refractivity contribution in [2.75, 3.05) is 0 Å². The maximum atomic E-state index is 9.10. The van der Waals surface area contributed by atoms with E-state index in [2.05, 4.69) is 6.07 Å². The second-order valence-electron chi connectivity index (χ2n) is 4.18. The minimum atomic E-state index is -1.34. The summed E-state index contributed by atoms with van der Waals surface area (Å²) in [4.78, 5) is 0. The molecule has 1 aromatic rings. The Morgan fingerprint density at radius 2 is 1.93 bits per heavy atom. The Kier molecular flexibility index (Phi) is 2.61. The van der Waals surface area contributed by atoms with Crippen LogP contribution in [0.3, 0.4) is 0 Å². The Labute approximate surface area is 84.7 Å². The molecule has 0 atom stereocenters. The van der Waals surface area contributed by atoms with E-state index in [4.69, 9.17) is 10.0 Å². The predicted octanol–water partition coefficient (Wildman–Crippen LogP) is 0.942. The topological polar surface area (TPSA) is 40.5 Å². The first-order chi connectivity index (χ1) is 6.66. The third-order valence-electron chi connectivity index (χ3n) is 3.00. The summed E-state index contributed by atoms with van der Waals surface area (Å²) in [6, 6.07) is 5.89. The first kappa shape index (κ1) is 9.75. The molecule has 0 amide bonds. The SMILES string of the molecule is Cc1cc(B(O)O)cc(C2CCC2)c1. The molecule has 2 nitrogen and oxygen atoms in total. The molecule has 1 aromatic carbocycles. The highest BCUT2D eigenvalue weighted by Gasteiger charge is 2.21. The molecule has 0 aliphatic heterocycles. The van der Waals surface area contributed by atoms with Gasteiger partial charge in [0.15, 0.2) is 0 Å². The molecule has 0 unspecified atom stereocenters. The molecule has 0 heterocycles. The van der Waals surface area contributed by atoms with Crippen LogP contribution in [-0.2, 0) is 0 Å². The van der Waals surface area contributed by atoms with Gasteiger partial charge in [0.25, 0.3) is 0 Å². The summed E-state index contributed by atoms with van der Waals surface area (Å²) in [5, 5.41) is 18.2. The molecule has 74 valence electrons. The Morgan fingerprint density at radius 1 is 1.21 bits per heavy atom. The fourth-order valence-electron chi connectivity index (χ4n) is 1.97. The van der Waals surface area contributed by atoms with Crippen LogP contribution in [0.4, 0.5) is 0 Å². The number of aryl methyl sites for hydroxylation is 1. The maximum absolute atomic E-state index is 9.10. The minimum absolute atomic E-state index is 0.617. The number of hydrogen-bond donors (Lipinski definition) is 2. The molecule has 0 radical (unpaired) electrons. The molecular weight excluding hydrogens is 175 g/mol. The van der Waals surface area contributed by atoms with Crippen molar-refractivity contribution in [1.29, 1.82) is 0 Å². The van der Waals surface area contributed by atoms with Crippen molar-refractivity contribution in [1.82, 2.24) is 0 Å². The summed E-state index contributed by atoms with van der Waals surface area (Å²) in [5.41, 5.74) is 2.99. The molecule has 2 rings (SSSR count). The van der Waals surface area contributed by atoms with Gasteiger partial charge in [-0.15, -0.1) is 0 Å². The average Bonchev–Trinajstić information content (AvgIpc) is 1.99. The highest BCUT2D eigenvalue weighted by atomic mass is 16.4. The molecule has 0 spiro atoms. The normalized spacial score (nSPS) is 16.5. The Morgan fingerprint density at radius 3 is 2.43 bits per heavy atom. The second-order valence-corrected chi connectivity index (χ2v) is 4.18. The standard InChI is InChI=1S/C11H15BO2/c1-8-5-10(9-3-2-4-9)7-11(6-8)12(13)14/h5-7,9,13-14H,2-4H2,1H3. The molecule has 0 aromatic heterocycles. The zero-order chi connectivity index (χ0) is 10.1. The predicted molar refractivity (Wildman–Crippen MR) is 57.6 cm³/mol.